The summed E-state index contributed by atoms with van der Waals surface area (Å²) in [7, 11) is 0. The molecule has 24 heavy (non-hydrogen) atoms. The molecule has 122 valence electrons. The van der Waals surface area contributed by atoms with E-state index in [-0.39, 0.29) is 5.91 Å². The van der Waals surface area contributed by atoms with Crippen LogP contribution in [0.1, 0.15) is 17.1 Å². The fourth-order valence-electron chi connectivity index (χ4n) is 2.62. The Balaban J connectivity index is 1.57. The van der Waals surface area contributed by atoms with Gasteiger partial charge < -0.3 is 14.2 Å². The number of carbonyl (C=O) groups excluding carboxylic acids is 1. The van der Waals surface area contributed by atoms with Gasteiger partial charge in [-0.1, -0.05) is 0 Å². The van der Waals surface area contributed by atoms with Crippen LogP contribution in [-0.2, 0) is 4.79 Å². The highest BCUT2D eigenvalue weighted by Gasteiger charge is 2.20. The third-order valence-corrected chi connectivity index (χ3v) is 3.94. The lowest BCUT2D eigenvalue weighted by atomic mass is 10.2. The molecule has 3 rings (SSSR count). The smallest absolute Gasteiger partial charge is 0.246 e. The topological polar surface area (TPSA) is 73.4 Å². The molecule has 0 aliphatic carbocycles. The number of aryl methyl sites for hydroxylation is 1. The van der Waals surface area contributed by atoms with E-state index >= 15 is 0 Å². The Morgan fingerprint density at radius 2 is 2.08 bits per heavy atom. The molecule has 1 aliphatic rings. The maximum atomic E-state index is 12.2. The zero-order valence-electron chi connectivity index (χ0n) is 13.5. The van der Waals surface area contributed by atoms with Gasteiger partial charge in [0.05, 0.1) is 11.6 Å². The van der Waals surface area contributed by atoms with Crippen LogP contribution in [0.2, 0.25) is 0 Å². The summed E-state index contributed by atoms with van der Waals surface area (Å²) >= 11 is 0. The number of rotatable bonds is 3. The molecule has 1 fully saturated rings. The zero-order chi connectivity index (χ0) is 16.9. The predicted molar refractivity (Wildman–Crippen MR) is 90.2 cm³/mol. The highest BCUT2D eigenvalue weighted by molar-refractivity contribution is 5.91. The summed E-state index contributed by atoms with van der Waals surface area (Å²) < 4.78 is 5.42. The number of anilines is 1. The maximum absolute atomic E-state index is 12.2. The van der Waals surface area contributed by atoms with Crippen LogP contribution in [0.5, 0.6) is 0 Å². The Labute approximate surface area is 140 Å². The summed E-state index contributed by atoms with van der Waals surface area (Å²) in [6, 6.07) is 9.28. The molecular formula is C18H18N4O2. The Bertz CT molecular complexity index is 795. The van der Waals surface area contributed by atoms with E-state index in [9.17, 15) is 4.79 Å². The van der Waals surface area contributed by atoms with Crippen molar-refractivity contribution in [2.75, 3.05) is 31.1 Å². The van der Waals surface area contributed by atoms with E-state index < -0.39 is 0 Å². The van der Waals surface area contributed by atoms with Gasteiger partial charge in [0.2, 0.25) is 5.91 Å². The first kappa shape index (κ1) is 15.8. The number of furan rings is 1. The predicted octanol–water partition coefficient (Wildman–Crippen LogP) is 2.22. The lowest BCUT2D eigenvalue weighted by molar-refractivity contribution is -0.126. The minimum atomic E-state index is -0.0255. The van der Waals surface area contributed by atoms with Crippen LogP contribution >= 0.6 is 0 Å². The summed E-state index contributed by atoms with van der Waals surface area (Å²) in [6.45, 7) is 4.51. The summed E-state index contributed by atoms with van der Waals surface area (Å²) in [4.78, 5) is 20.4. The Morgan fingerprint density at radius 3 is 2.75 bits per heavy atom. The molecule has 0 bridgehead atoms. The minimum absolute atomic E-state index is 0.0255. The molecule has 3 heterocycles. The van der Waals surface area contributed by atoms with Crippen molar-refractivity contribution in [2.24, 2.45) is 0 Å². The molecule has 6 nitrogen and oxygen atoms in total. The van der Waals surface area contributed by atoms with Crippen molar-refractivity contribution in [1.29, 1.82) is 5.26 Å². The third-order valence-electron chi connectivity index (χ3n) is 3.94. The fourth-order valence-corrected chi connectivity index (χ4v) is 2.62. The Kier molecular flexibility index (Phi) is 4.62. The minimum Gasteiger partial charge on any atom is -0.462 e. The zero-order valence-corrected chi connectivity index (χ0v) is 13.5. The van der Waals surface area contributed by atoms with Gasteiger partial charge in [0.1, 0.15) is 17.3 Å². The van der Waals surface area contributed by atoms with E-state index in [4.69, 9.17) is 9.68 Å². The van der Waals surface area contributed by atoms with Crippen LogP contribution < -0.4 is 4.90 Å². The molecule has 0 saturated carbocycles. The summed E-state index contributed by atoms with van der Waals surface area (Å²) in [5, 5.41) is 8.97. The molecule has 0 N–H and O–H groups in total. The van der Waals surface area contributed by atoms with Gasteiger partial charge in [-0.05, 0) is 37.3 Å². The van der Waals surface area contributed by atoms with Crippen molar-refractivity contribution < 1.29 is 9.21 Å². The number of aromatic nitrogens is 1. The average molecular weight is 322 g/mol. The van der Waals surface area contributed by atoms with E-state index in [0.29, 0.717) is 37.5 Å². The van der Waals surface area contributed by atoms with Crippen molar-refractivity contribution in [3.05, 3.63) is 53.6 Å². The van der Waals surface area contributed by atoms with Gasteiger partial charge in [0.25, 0.3) is 0 Å². The molecule has 1 aliphatic heterocycles. The van der Waals surface area contributed by atoms with Crippen molar-refractivity contribution >= 4 is 17.8 Å². The first-order chi connectivity index (χ1) is 11.7. The summed E-state index contributed by atoms with van der Waals surface area (Å²) in [5.74, 6) is 2.25. The number of piperazine rings is 1. The molecule has 0 unspecified atom stereocenters. The average Bonchev–Trinajstić information content (AvgIpc) is 3.05. The standard InChI is InChI=1S/C18H18N4O2/c1-14-2-3-16(24-14)4-5-18(23)22-10-8-21(9-11-22)17-12-15(13-19)6-7-20-17/h2-7,12H,8-11H2,1H3/b5-4+. The molecule has 0 atom stereocenters. The molecule has 0 spiro atoms. The van der Waals surface area contributed by atoms with E-state index in [0.717, 1.165) is 11.6 Å². The molecule has 0 radical (unpaired) electrons. The number of nitriles is 1. The first-order valence-corrected chi connectivity index (χ1v) is 7.80. The van der Waals surface area contributed by atoms with E-state index in [1.54, 1.807) is 35.4 Å². The van der Waals surface area contributed by atoms with Gasteiger partial charge in [-0.15, -0.1) is 0 Å². The Hall–Kier alpha value is -3.07. The number of hydrogen-bond donors (Lipinski definition) is 0. The van der Waals surface area contributed by atoms with Crippen LogP contribution in [0.15, 0.2) is 41.0 Å². The number of nitrogens with zero attached hydrogens (tertiary/aromatic N) is 4. The number of hydrogen-bond acceptors (Lipinski definition) is 5. The van der Waals surface area contributed by atoms with E-state index in [2.05, 4.69) is 16.0 Å². The SMILES string of the molecule is Cc1ccc(/C=C/C(=O)N2CCN(c3cc(C#N)ccn3)CC2)o1. The van der Waals surface area contributed by atoms with Gasteiger partial charge in [0, 0.05) is 38.5 Å². The quantitative estimate of drug-likeness (QED) is 0.810. The molecule has 2 aromatic rings. The van der Waals surface area contributed by atoms with Crippen LogP contribution in [-0.4, -0.2) is 42.0 Å². The lowest BCUT2D eigenvalue weighted by Crippen LogP contribution is -2.48. The summed E-state index contributed by atoms with van der Waals surface area (Å²) in [6.07, 6.45) is 4.88. The third kappa shape index (κ3) is 3.63. The second-order valence-corrected chi connectivity index (χ2v) is 5.61. The highest BCUT2D eigenvalue weighted by Crippen LogP contribution is 2.15. The van der Waals surface area contributed by atoms with Gasteiger partial charge in [-0.2, -0.15) is 5.26 Å². The fraction of sp³-hybridized carbons (Fsp3) is 0.278. The van der Waals surface area contributed by atoms with Crippen LogP contribution in [0.3, 0.4) is 0 Å². The van der Waals surface area contributed by atoms with Crippen molar-refractivity contribution in [1.82, 2.24) is 9.88 Å². The molecular weight excluding hydrogens is 304 g/mol. The van der Waals surface area contributed by atoms with E-state index in [1.165, 1.54) is 0 Å². The second kappa shape index (κ2) is 7.01. The van der Waals surface area contributed by atoms with Crippen LogP contribution in [0.4, 0.5) is 5.82 Å². The largest absolute Gasteiger partial charge is 0.462 e. The van der Waals surface area contributed by atoms with Gasteiger partial charge in [-0.25, -0.2) is 4.98 Å². The monoisotopic (exact) mass is 322 g/mol. The van der Waals surface area contributed by atoms with E-state index in [1.807, 2.05) is 19.1 Å². The summed E-state index contributed by atoms with van der Waals surface area (Å²) in [5.41, 5.74) is 0.593. The van der Waals surface area contributed by atoms with Gasteiger partial charge in [-0.3, -0.25) is 4.79 Å². The Morgan fingerprint density at radius 1 is 1.29 bits per heavy atom. The molecule has 0 aromatic carbocycles. The molecule has 1 saturated heterocycles. The first-order valence-electron chi connectivity index (χ1n) is 7.80. The normalized spacial score (nSPS) is 14.8. The van der Waals surface area contributed by atoms with Gasteiger partial charge in [0.15, 0.2) is 0 Å². The highest BCUT2D eigenvalue weighted by atomic mass is 16.3. The number of carbonyl (C=O) groups is 1. The van der Waals surface area contributed by atoms with Crippen molar-refractivity contribution in [3.63, 3.8) is 0 Å². The van der Waals surface area contributed by atoms with Crippen LogP contribution in [0.25, 0.3) is 6.08 Å². The maximum Gasteiger partial charge on any atom is 0.246 e. The molecule has 6 heteroatoms. The van der Waals surface area contributed by atoms with Crippen molar-refractivity contribution in [2.45, 2.75) is 6.92 Å². The van der Waals surface area contributed by atoms with Gasteiger partial charge >= 0.3 is 0 Å². The molecule has 2 aromatic heterocycles. The second-order valence-electron chi connectivity index (χ2n) is 5.61. The van der Waals surface area contributed by atoms with Crippen LogP contribution in [0, 0.1) is 18.3 Å². The lowest BCUT2D eigenvalue weighted by Gasteiger charge is -2.34. The molecule has 1 amide bonds. The number of pyridine rings is 1. The number of amides is 1. The van der Waals surface area contributed by atoms with Crippen molar-refractivity contribution in [3.8, 4) is 6.07 Å².